The van der Waals surface area contributed by atoms with Crippen molar-refractivity contribution in [1.82, 2.24) is 5.32 Å². The highest BCUT2D eigenvalue weighted by Gasteiger charge is 2.22. The van der Waals surface area contributed by atoms with Gasteiger partial charge in [-0.1, -0.05) is 0 Å². The summed E-state index contributed by atoms with van der Waals surface area (Å²) in [5, 5.41) is 6.98. The Hall–Kier alpha value is -1.55. The van der Waals surface area contributed by atoms with Gasteiger partial charge in [0.25, 0.3) is 0 Å². The van der Waals surface area contributed by atoms with E-state index in [9.17, 15) is 4.79 Å². The Balaban J connectivity index is 1.66. The second-order valence-corrected chi connectivity index (χ2v) is 5.44. The first kappa shape index (κ1) is 12.5. The zero-order chi connectivity index (χ0) is 13.2. The molecule has 1 saturated heterocycles. The third-order valence-corrected chi connectivity index (χ3v) is 4.07. The molecule has 3 rings (SSSR count). The van der Waals surface area contributed by atoms with Crippen molar-refractivity contribution in [3.8, 4) is 0 Å². The van der Waals surface area contributed by atoms with Gasteiger partial charge < -0.3 is 15.5 Å². The number of hydrogen-bond donors (Lipinski definition) is 2. The number of benzene rings is 1. The van der Waals surface area contributed by atoms with Crippen LogP contribution in [-0.4, -0.2) is 31.6 Å². The monoisotopic (exact) mass is 259 g/mol. The SMILES string of the molecule is CC(=O)N1CCc2cc(NCC3CCCN3)ccc21. The summed E-state index contributed by atoms with van der Waals surface area (Å²) in [6.07, 6.45) is 3.51. The van der Waals surface area contributed by atoms with Crippen LogP contribution in [0.15, 0.2) is 18.2 Å². The maximum atomic E-state index is 11.5. The van der Waals surface area contributed by atoms with Gasteiger partial charge >= 0.3 is 0 Å². The summed E-state index contributed by atoms with van der Waals surface area (Å²) in [4.78, 5) is 13.4. The Morgan fingerprint density at radius 1 is 1.53 bits per heavy atom. The molecule has 0 bridgehead atoms. The molecule has 4 nitrogen and oxygen atoms in total. The van der Waals surface area contributed by atoms with Crippen molar-refractivity contribution in [2.45, 2.75) is 32.2 Å². The van der Waals surface area contributed by atoms with E-state index >= 15 is 0 Å². The van der Waals surface area contributed by atoms with Crippen LogP contribution in [0.5, 0.6) is 0 Å². The van der Waals surface area contributed by atoms with Crippen LogP contribution < -0.4 is 15.5 Å². The third kappa shape index (κ3) is 2.59. The van der Waals surface area contributed by atoms with Gasteiger partial charge in [0.05, 0.1) is 0 Å². The Morgan fingerprint density at radius 2 is 2.42 bits per heavy atom. The predicted molar refractivity (Wildman–Crippen MR) is 77.7 cm³/mol. The Bertz CT molecular complexity index is 480. The molecule has 1 aromatic carbocycles. The molecule has 1 unspecified atom stereocenters. The quantitative estimate of drug-likeness (QED) is 0.869. The molecular formula is C15H21N3O. The van der Waals surface area contributed by atoms with E-state index in [0.29, 0.717) is 6.04 Å². The minimum atomic E-state index is 0.134. The van der Waals surface area contributed by atoms with E-state index in [1.165, 1.54) is 18.4 Å². The molecular weight excluding hydrogens is 238 g/mol. The lowest BCUT2D eigenvalue weighted by Gasteiger charge is -2.16. The van der Waals surface area contributed by atoms with Gasteiger partial charge in [0.1, 0.15) is 0 Å². The number of amides is 1. The molecule has 0 spiro atoms. The van der Waals surface area contributed by atoms with Crippen molar-refractivity contribution in [2.75, 3.05) is 29.9 Å². The number of rotatable bonds is 3. The zero-order valence-corrected chi connectivity index (χ0v) is 11.4. The van der Waals surface area contributed by atoms with Crippen molar-refractivity contribution in [2.24, 2.45) is 0 Å². The highest BCUT2D eigenvalue weighted by molar-refractivity contribution is 5.94. The van der Waals surface area contributed by atoms with Gasteiger partial charge in [-0.25, -0.2) is 0 Å². The molecule has 102 valence electrons. The molecule has 2 aliphatic rings. The van der Waals surface area contributed by atoms with Crippen LogP contribution in [0.4, 0.5) is 11.4 Å². The van der Waals surface area contributed by atoms with Gasteiger partial charge in [0.15, 0.2) is 0 Å². The van der Waals surface area contributed by atoms with Crippen molar-refractivity contribution >= 4 is 17.3 Å². The van der Waals surface area contributed by atoms with Crippen molar-refractivity contribution in [3.63, 3.8) is 0 Å². The first-order valence-corrected chi connectivity index (χ1v) is 7.12. The molecule has 2 N–H and O–H groups in total. The lowest BCUT2D eigenvalue weighted by molar-refractivity contribution is -0.116. The first-order valence-electron chi connectivity index (χ1n) is 7.12. The summed E-state index contributed by atoms with van der Waals surface area (Å²) in [6.45, 7) is 4.57. The molecule has 0 radical (unpaired) electrons. The normalized spacial score (nSPS) is 21.5. The van der Waals surface area contributed by atoms with Gasteiger partial charge in [0.2, 0.25) is 5.91 Å². The fourth-order valence-corrected chi connectivity index (χ4v) is 3.01. The summed E-state index contributed by atoms with van der Waals surface area (Å²) in [5.41, 5.74) is 3.52. The smallest absolute Gasteiger partial charge is 0.223 e. The number of hydrogen-bond acceptors (Lipinski definition) is 3. The largest absolute Gasteiger partial charge is 0.383 e. The lowest BCUT2D eigenvalue weighted by atomic mass is 10.1. The second kappa shape index (κ2) is 5.21. The van der Waals surface area contributed by atoms with Crippen LogP contribution in [-0.2, 0) is 11.2 Å². The number of nitrogens with zero attached hydrogens (tertiary/aromatic N) is 1. The number of nitrogens with one attached hydrogen (secondary N) is 2. The second-order valence-electron chi connectivity index (χ2n) is 5.44. The Kier molecular flexibility index (Phi) is 3.42. The van der Waals surface area contributed by atoms with Crippen LogP contribution in [0.3, 0.4) is 0 Å². The molecule has 0 aliphatic carbocycles. The highest BCUT2D eigenvalue weighted by Crippen LogP contribution is 2.30. The topological polar surface area (TPSA) is 44.4 Å². The van der Waals surface area contributed by atoms with Gasteiger partial charge in [0, 0.05) is 37.4 Å². The number of carbonyl (C=O) groups excluding carboxylic acids is 1. The van der Waals surface area contributed by atoms with E-state index in [4.69, 9.17) is 0 Å². The van der Waals surface area contributed by atoms with Crippen molar-refractivity contribution in [1.29, 1.82) is 0 Å². The van der Waals surface area contributed by atoms with E-state index in [1.807, 2.05) is 4.90 Å². The van der Waals surface area contributed by atoms with E-state index in [1.54, 1.807) is 6.92 Å². The lowest BCUT2D eigenvalue weighted by Crippen LogP contribution is -2.29. The minimum Gasteiger partial charge on any atom is -0.383 e. The molecule has 1 atom stereocenters. The summed E-state index contributed by atoms with van der Waals surface area (Å²) >= 11 is 0. The molecule has 0 saturated carbocycles. The van der Waals surface area contributed by atoms with Crippen LogP contribution in [0, 0.1) is 0 Å². The highest BCUT2D eigenvalue weighted by atomic mass is 16.2. The fraction of sp³-hybridized carbons (Fsp3) is 0.533. The molecule has 1 aromatic rings. The summed E-state index contributed by atoms with van der Waals surface area (Å²) in [5.74, 6) is 0.134. The van der Waals surface area contributed by atoms with Crippen LogP contribution in [0.25, 0.3) is 0 Å². The summed E-state index contributed by atoms with van der Waals surface area (Å²) < 4.78 is 0. The van der Waals surface area contributed by atoms with Crippen molar-refractivity contribution < 1.29 is 4.79 Å². The van der Waals surface area contributed by atoms with Gasteiger partial charge in [-0.05, 0) is 49.6 Å². The molecule has 1 amide bonds. The van der Waals surface area contributed by atoms with Gasteiger partial charge in [-0.2, -0.15) is 0 Å². The van der Waals surface area contributed by atoms with E-state index in [0.717, 1.165) is 37.4 Å². The molecule has 1 fully saturated rings. The third-order valence-electron chi connectivity index (χ3n) is 4.07. The molecule has 19 heavy (non-hydrogen) atoms. The molecule has 2 heterocycles. The summed E-state index contributed by atoms with van der Waals surface area (Å²) in [7, 11) is 0. The number of anilines is 2. The Labute approximate surface area is 114 Å². The van der Waals surface area contributed by atoms with E-state index in [-0.39, 0.29) is 5.91 Å². The average molecular weight is 259 g/mol. The summed E-state index contributed by atoms with van der Waals surface area (Å²) in [6, 6.07) is 6.93. The number of carbonyl (C=O) groups is 1. The maximum Gasteiger partial charge on any atom is 0.223 e. The van der Waals surface area contributed by atoms with Crippen LogP contribution >= 0.6 is 0 Å². The van der Waals surface area contributed by atoms with Crippen molar-refractivity contribution in [3.05, 3.63) is 23.8 Å². The maximum absolute atomic E-state index is 11.5. The van der Waals surface area contributed by atoms with Gasteiger partial charge in [-0.15, -0.1) is 0 Å². The van der Waals surface area contributed by atoms with E-state index in [2.05, 4.69) is 28.8 Å². The fourth-order valence-electron chi connectivity index (χ4n) is 3.01. The molecule has 2 aliphatic heterocycles. The predicted octanol–water partition coefficient (Wildman–Crippen LogP) is 1.76. The Morgan fingerprint density at radius 3 is 3.16 bits per heavy atom. The first-order chi connectivity index (χ1) is 9.24. The van der Waals surface area contributed by atoms with E-state index < -0.39 is 0 Å². The molecule has 4 heteroatoms. The standard InChI is InChI=1S/C15H21N3O/c1-11(19)18-8-6-12-9-13(4-5-15(12)18)17-10-14-3-2-7-16-14/h4-5,9,14,16-17H,2-3,6-8,10H2,1H3. The van der Waals surface area contributed by atoms with Crippen LogP contribution in [0.2, 0.25) is 0 Å². The van der Waals surface area contributed by atoms with Crippen LogP contribution in [0.1, 0.15) is 25.3 Å². The molecule has 0 aromatic heterocycles. The zero-order valence-electron chi connectivity index (χ0n) is 11.4. The number of fused-ring (bicyclic) bond motifs is 1. The van der Waals surface area contributed by atoms with Gasteiger partial charge in [-0.3, -0.25) is 4.79 Å². The minimum absolute atomic E-state index is 0.134. The average Bonchev–Trinajstić information content (AvgIpc) is 3.05.